The zero-order valence-electron chi connectivity index (χ0n) is 7.69. The van der Waals surface area contributed by atoms with Gasteiger partial charge in [0.15, 0.2) is 0 Å². The van der Waals surface area contributed by atoms with Gasteiger partial charge in [-0.25, -0.2) is 0 Å². The van der Waals surface area contributed by atoms with Crippen molar-refractivity contribution in [1.82, 2.24) is 5.06 Å². The normalized spacial score (nSPS) is 26.9. The Hall–Kier alpha value is -1.05. The van der Waals surface area contributed by atoms with E-state index in [2.05, 4.69) is 0 Å². The molecule has 0 bridgehead atoms. The summed E-state index contributed by atoms with van der Waals surface area (Å²) < 4.78 is 0. The lowest BCUT2D eigenvalue weighted by atomic mass is 10.0. The van der Waals surface area contributed by atoms with Gasteiger partial charge in [0.1, 0.15) is 0 Å². The molecule has 1 unspecified atom stereocenters. The molecule has 0 radical (unpaired) electrons. The third-order valence-corrected chi connectivity index (χ3v) is 2.24. The number of aliphatic hydroxyl groups excluding tert-OH is 1. The van der Waals surface area contributed by atoms with E-state index in [1.54, 1.807) is 0 Å². The summed E-state index contributed by atoms with van der Waals surface area (Å²) in [4.78, 5) is 0. The fourth-order valence-electron chi connectivity index (χ4n) is 1.54. The van der Waals surface area contributed by atoms with Gasteiger partial charge < -0.3 is 5.11 Å². The largest absolute Gasteiger partial charge is 0.387 e. The summed E-state index contributed by atoms with van der Waals surface area (Å²) in [5, 5.41) is 28.8. The fourth-order valence-corrected chi connectivity index (χ4v) is 1.54. The third-order valence-electron chi connectivity index (χ3n) is 2.24. The second kappa shape index (κ2) is 4.26. The first kappa shape index (κ1) is 10.0. The first-order valence-electron chi connectivity index (χ1n) is 4.48. The van der Waals surface area contributed by atoms with Gasteiger partial charge in [-0.05, 0) is 19.3 Å². The highest BCUT2D eigenvalue weighted by atomic mass is 16.5. The van der Waals surface area contributed by atoms with Crippen LogP contribution in [0.15, 0.2) is 11.3 Å². The molecule has 1 atom stereocenters. The average molecular weight is 182 g/mol. The number of allylic oxidation sites excluding steroid dienone is 1. The van der Waals surface area contributed by atoms with Crippen molar-refractivity contribution in [3.8, 4) is 6.07 Å². The van der Waals surface area contributed by atoms with Crippen LogP contribution < -0.4 is 0 Å². The van der Waals surface area contributed by atoms with Crippen LogP contribution in [0.25, 0.3) is 0 Å². The van der Waals surface area contributed by atoms with E-state index in [0.29, 0.717) is 30.7 Å². The van der Waals surface area contributed by atoms with Gasteiger partial charge in [0, 0.05) is 6.54 Å². The van der Waals surface area contributed by atoms with Crippen LogP contribution in [0.3, 0.4) is 0 Å². The molecular weight excluding hydrogens is 168 g/mol. The Kier molecular flexibility index (Phi) is 3.29. The second-order valence-electron chi connectivity index (χ2n) is 3.11. The number of hydrogen-bond acceptors (Lipinski definition) is 4. The Morgan fingerprint density at radius 3 is 2.92 bits per heavy atom. The van der Waals surface area contributed by atoms with E-state index in [1.165, 1.54) is 0 Å². The number of rotatable bonds is 1. The van der Waals surface area contributed by atoms with Crippen LogP contribution in [0.5, 0.6) is 0 Å². The standard InChI is InChI=1S/C9H14N2O2/c1-2-7(6-10)9-8(12)4-3-5-11(9)13/h8,12-13H,2-5H2,1H3/b9-7+. The monoisotopic (exact) mass is 182 g/mol. The molecule has 0 spiro atoms. The predicted octanol–water partition coefficient (Wildman–Crippen LogP) is 1.02. The maximum Gasteiger partial charge on any atom is 0.0970 e. The molecule has 4 heteroatoms. The lowest BCUT2D eigenvalue weighted by Crippen LogP contribution is -2.34. The second-order valence-corrected chi connectivity index (χ2v) is 3.11. The van der Waals surface area contributed by atoms with E-state index >= 15 is 0 Å². The van der Waals surface area contributed by atoms with Crippen LogP contribution in [0.1, 0.15) is 26.2 Å². The molecule has 2 N–H and O–H groups in total. The lowest BCUT2D eigenvalue weighted by Gasteiger charge is -2.30. The number of hydroxylamine groups is 2. The van der Waals surface area contributed by atoms with Gasteiger partial charge >= 0.3 is 0 Å². The van der Waals surface area contributed by atoms with E-state index in [0.717, 1.165) is 11.5 Å². The Morgan fingerprint density at radius 2 is 2.46 bits per heavy atom. The molecule has 1 fully saturated rings. The van der Waals surface area contributed by atoms with E-state index < -0.39 is 6.10 Å². The summed E-state index contributed by atoms with van der Waals surface area (Å²) in [6.45, 7) is 2.33. The smallest absolute Gasteiger partial charge is 0.0970 e. The molecule has 0 aromatic carbocycles. The predicted molar refractivity (Wildman–Crippen MR) is 46.7 cm³/mol. The Morgan fingerprint density at radius 1 is 1.77 bits per heavy atom. The molecule has 72 valence electrons. The van der Waals surface area contributed by atoms with Crippen molar-refractivity contribution in [3.05, 3.63) is 11.3 Å². The minimum absolute atomic E-state index is 0.385. The van der Waals surface area contributed by atoms with Crippen LogP contribution in [0.4, 0.5) is 0 Å². The molecule has 0 saturated carbocycles. The van der Waals surface area contributed by atoms with E-state index in [4.69, 9.17) is 5.26 Å². The minimum atomic E-state index is -0.687. The van der Waals surface area contributed by atoms with Crippen molar-refractivity contribution >= 4 is 0 Å². The molecule has 0 amide bonds. The number of nitrogens with zero attached hydrogens (tertiary/aromatic N) is 2. The zero-order valence-corrected chi connectivity index (χ0v) is 7.69. The molecule has 0 aromatic rings. The van der Waals surface area contributed by atoms with Crippen molar-refractivity contribution in [2.75, 3.05) is 6.54 Å². The first-order chi connectivity index (χ1) is 6.20. The van der Waals surface area contributed by atoms with Crippen LogP contribution in [-0.4, -0.2) is 28.0 Å². The van der Waals surface area contributed by atoms with Crippen molar-refractivity contribution < 1.29 is 10.3 Å². The SMILES string of the molecule is CC/C(C#N)=C1/C(O)CCCN1O. The number of hydrogen-bond donors (Lipinski definition) is 2. The first-order valence-corrected chi connectivity index (χ1v) is 4.48. The van der Waals surface area contributed by atoms with E-state index in [-0.39, 0.29) is 0 Å². The number of nitriles is 1. The van der Waals surface area contributed by atoms with E-state index in [1.807, 2.05) is 13.0 Å². The molecule has 1 rings (SSSR count). The van der Waals surface area contributed by atoms with Crippen molar-refractivity contribution in [3.63, 3.8) is 0 Å². The number of piperidine rings is 1. The number of aliphatic hydroxyl groups is 1. The third kappa shape index (κ3) is 2.00. The molecule has 13 heavy (non-hydrogen) atoms. The van der Waals surface area contributed by atoms with Crippen LogP contribution in [0.2, 0.25) is 0 Å². The van der Waals surface area contributed by atoms with Crippen LogP contribution in [-0.2, 0) is 0 Å². The summed E-state index contributed by atoms with van der Waals surface area (Å²) in [6, 6.07) is 2.00. The highest BCUT2D eigenvalue weighted by Crippen LogP contribution is 2.23. The molecule has 0 aromatic heterocycles. The summed E-state index contributed by atoms with van der Waals surface area (Å²) in [7, 11) is 0. The zero-order chi connectivity index (χ0) is 9.84. The van der Waals surface area contributed by atoms with E-state index in [9.17, 15) is 10.3 Å². The van der Waals surface area contributed by atoms with Crippen LogP contribution >= 0.6 is 0 Å². The molecule has 1 aliphatic heterocycles. The Balaban J connectivity index is 2.96. The topological polar surface area (TPSA) is 67.5 Å². The fraction of sp³-hybridized carbons (Fsp3) is 0.667. The summed E-state index contributed by atoms with van der Waals surface area (Å²) >= 11 is 0. The maximum atomic E-state index is 9.56. The van der Waals surface area contributed by atoms with Crippen molar-refractivity contribution in [1.29, 1.82) is 5.26 Å². The van der Waals surface area contributed by atoms with Gasteiger partial charge in [-0.2, -0.15) is 5.26 Å². The maximum absolute atomic E-state index is 9.56. The molecule has 0 aliphatic carbocycles. The summed E-state index contributed by atoms with van der Waals surface area (Å²) in [5.74, 6) is 0. The average Bonchev–Trinajstić information content (AvgIpc) is 2.11. The Bertz CT molecular complexity index is 243. The highest BCUT2D eigenvalue weighted by Gasteiger charge is 2.24. The van der Waals surface area contributed by atoms with Crippen molar-refractivity contribution in [2.24, 2.45) is 0 Å². The molecule has 4 nitrogen and oxygen atoms in total. The molecule has 1 heterocycles. The van der Waals surface area contributed by atoms with Crippen LogP contribution in [0, 0.1) is 11.3 Å². The van der Waals surface area contributed by atoms with Gasteiger partial charge in [0.2, 0.25) is 0 Å². The Labute approximate surface area is 77.7 Å². The quantitative estimate of drug-likeness (QED) is 0.594. The summed E-state index contributed by atoms with van der Waals surface area (Å²) in [5.41, 5.74) is 0.853. The molecule has 1 saturated heterocycles. The highest BCUT2D eigenvalue weighted by molar-refractivity contribution is 5.29. The molecular formula is C9H14N2O2. The minimum Gasteiger partial charge on any atom is -0.387 e. The van der Waals surface area contributed by atoms with Gasteiger partial charge in [-0.3, -0.25) is 10.3 Å². The van der Waals surface area contributed by atoms with Gasteiger partial charge in [0.25, 0.3) is 0 Å². The van der Waals surface area contributed by atoms with Crippen molar-refractivity contribution in [2.45, 2.75) is 32.3 Å². The summed E-state index contributed by atoms with van der Waals surface area (Å²) in [6.07, 6.45) is 1.23. The van der Waals surface area contributed by atoms with Gasteiger partial charge in [0.05, 0.1) is 23.4 Å². The van der Waals surface area contributed by atoms with Gasteiger partial charge in [-0.15, -0.1) is 0 Å². The lowest BCUT2D eigenvalue weighted by molar-refractivity contribution is -0.0932. The molecule has 1 aliphatic rings. The van der Waals surface area contributed by atoms with Gasteiger partial charge in [-0.1, -0.05) is 6.92 Å².